The summed E-state index contributed by atoms with van der Waals surface area (Å²) < 4.78 is 6.22. The van der Waals surface area contributed by atoms with Crippen molar-refractivity contribution < 1.29 is 4.74 Å². The predicted molar refractivity (Wildman–Crippen MR) is 101 cm³/mol. The lowest BCUT2D eigenvalue weighted by Crippen LogP contribution is -2.35. The van der Waals surface area contributed by atoms with E-state index in [2.05, 4.69) is 48.0 Å². The molecule has 0 saturated heterocycles. The minimum absolute atomic E-state index is 0.0265. The molecule has 0 saturated carbocycles. The maximum Gasteiger partial charge on any atom is 0.152 e. The lowest BCUT2D eigenvalue weighted by molar-refractivity contribution is 0.0362. The van der Waals surface area contributed by atoms with Crippen LogP contribution in [-0.2, 0) is 13.1 Å². The second-order valence-electron chi connectivity index (χ2n) is 6.37. The Kier molecular flexibility index (Phi) is 7.10. The van der Waals surface area contributed by atoms with E-state index in [1.165, 1.54) is 5.56 Å². The molecule has 4 heteroatoms. The Bertz CT molecular complexity index is 631. The summed E-state index contributed by atoms with van der Waals surface area (Å²) in [6.45, 7) is 3.80. The van der Waals surface area contributed by atoms with E-state index in [1.807, 2.05) is 38.4 Å². The molecule has 2 aromatic carbocycles. The maximum absolute atomic E-state index is 6.29. The summed E-state index contributed by atoms with van der Waals surface area (Å²) >= 11 is 6.29. The smallest absolute Gasteiger partial charge is 0.152 e. The molecule has 0 bridgehead atoms. The van der Waals surface area contributed by atoms with Crippen LogP contribution in [0.1, 0.15) is 24.5 Å². The first-order valence-corrected chi connectivity index (χ1v) is 8.71. The summed E-state index contributed by atoms with van der Waals surface area (Å²) in [6, 6.07) is 16.4. The van der Waals surface area contributed by atoms with Crippen molar-refractivity contribution in [2.75, 3.05) is 21.1 Å². The van der Waals surface area contributed by atoms with E-state index in [-0.39, 0.29) is 6.23 Å². The van der Waals surface area contributed by atoms with Gasteiger partial charge in [-0.15, -0.1) is 0 Å². The van der Waals surface area contributed by atoms with Crippen molar-refractivity contribution in [1.82, 2.24) is 9.80 Å². The lowest BCUT2D eigenvalue weighted by Gasteiger charge is -2.28. The minimum Gasteiger partial charge on any atom is -0.475 e. The molecule has 0 fully saturated rings. The van der Waals surface area contributed by atoms with Crippen LogP contribution in [0.3, 0.4) is 0 Å². The number of hydrogen-bond donors (Lipinski definition) is 0. The van der Waals surface area contributed by atoms with Crippen LogP contribution in [0.15, 0.2) is 48.5 Å². The van der Waals surface area contributed by atoms with Gasteiger partial charge in [0, 0.05) is 18.1 Å². The lowest BCUT2D eigenvalue weighted by atomic mass is 10.2. The van der Waals surface area contributed by atoms with Crippen LogP contribution in [0, 0.1) is 0 Å². The van der Waals surface area contributed by atoms with Crippen LogP contribution < -0.4 is 4.74 Å². The number of nitrogens with zero attached hydrogens (tertiary/aromatic N) is 2. The zero-order valence-corrected chi connectivity index (χ0v) is 15.8. The second kappa shape index (κ2) is 9.07. The SMILES string of the molecule is CCC(Oc1ccc(Cl)c(CN(C)C)c1)N(C)Cc1ccccc1. The summed E-state index contributed by atoms with van der Waals surface area (Å²) in [4.78, 5) is 4.33. The first-order chi connectivity index (χ1) is 11.5. The van der Waals surface area contributed by atoms with E-state index in [4.69, 9.17) is 16.3 Å². The quantitative estimate of drug-likeness (QED) is 0.647. The fourth-order valence-electron chi connectivity index (χ4n) is 2.70. The normalized spacial score (nSPS) is 12.6. The van der Waals surface area contributed by atoms with Crippen LogP contribution in [0.2, 0.25) is 5.02 Å². The van der Waals surface area contributed by atoms with E-state index < -0.39 is 0 Å². The Labute approximate surface area is 150 Å². The molecule has 3 nitrogen and oxygen atoms in total. The Morgan fingerprint density at radius 1 is 1.00 bits per heavy atom. The van der Waals surface area contributed by atoms with Gasteiger partial charge < -0.3 is 9.64 Å². The third-order valence-electron chi connectivity index (χ3n) is 3.89. The van der Waals surface area contributed by atoms with E-state index in [1.54, 1.807) is 0 Å². The van der Waals surface area contributed by atoms with Gasteiger partial charge in [-0.2, -0.15) is 0 Å². The number of halogens is 1. The number of ether oxygens (including phenoxy) is 1. The molecule has 0 aliphatic carbocycles. The molecule has 1 unspecified atom stereocenters. The van der Waals surface area contributed by atoms with Crippen molar-refractivity contribution >= 4 is 11.6 Å². The van der Waals surface area contributed by atoms with E-state index in [9.17, 15) is 0 Å². The van der Waals surface area contributed by atoms with Crippen molar-refractivity contribution in [2.45, 2.75) is 32.7 Å². The average Bonchev–Trinajstić information content (AvgIpc) is 2.55. The molecule has 24 heavy (non-hydrogen) atoms. The van der Waals surface area contributed by atoms with Gasteiger partial charge >= 0.3 is 0 Å². The van der Waals surface area contributed by atoms with E-state index in [0.717, 1.165) is 35.8 Å². The van der Waals surface area contributed by atoms with Crippen molar-refractivity contribution in [3.63, 3.8) is 0 Å². The zero-order chi connectivity index (χ0) is 17.5. The predicted octanol–water partition coefficient (Wildman–Crippen LogP) is 4.65. The number of benzene rings is 2. The fraction of sp³-hybridized carbons (Fsp3) is 0.400. The molecule has 0 aromatic heterocycles. The molecule has 2 rings (SSSR count). The zero-order valence-electron chi connectivity index (χ0n) is 15.0. The Morgan fingerprint density at radius 3 is 2.33 bits per heavy atom. The molecule has 1 atom stereocenters. The highest BCUT2D eigenvalue weighted by atomic mass is 35.5. The molecule has 0 aliphatic heterocycles. The third-order valence-corrected chi connectivity index (χ3v) is 4.26. The highest BCUT2D eigenvalue weighted by Gasteiger charge is 2.15. The standard InChI is InChI=1S/C20H27ClN2O/c1-5-20(23(4)14-16-9-7-6-8-10-16)24-18-11-12-19(21)17(13-18)15-22(2)3/h6-13,20H,5,14-15H2,1-4H3. The Morgan fingerprint density at radius 2 is 1.71 bits per heavy atom. The van der Waals surface area contributed by atoms with E-state index in [0.29, 0.717) is 0 Å². The van der Waals surface area contributed by atoms with Gasteiger partial charge in [-0.1, -0.05) is 48.9 Å². The van der Waals surface area contributed by atoms with Crippen molar-refractivity contribution in [3.05, 3.63) is 64.7 Å². The number of hydrogen-bond acceptors (Lipinski definition) is 3. The second-order valence-corrected chi connectivity index (χ2v) is 6.78. The molecule has 0 radical (unpaired) electrons. The highest BCUT2D eigenvalue weighted by Crippen LogP contribution is 2.25. The van der Waals surface area contributed by atoms with Gasteiger partial charge in [0.25, 0.3) is 0 Å². The molecular weight excluding hydrogens is 320 g/mol. The molecular formula is C20H27ClN2O. The molecule has 0 aliphatic rings. The van der Waals surface area contributed by atoms with E-state index >= 15 is 0 Å². The molecule has 0 N–H and O–H groups in total. The van der Waals surface area contributed by atoms with Crippen molar-refractivity contribution in [3.8, 4) is 5.75 Å². The molecule has 0 amide bonds. The summed E-state index contributed by atoms with van der Waals surface area (Å²) in [6.07, 6.45) is 0.938. The van der Waals surface area contributed by atoms with Crippen LogP contribution >= 0.6 is 11.6 Å². The molecule has 0 spiro atoms. The summed E-state index contributed by atoms with van der Waals surface area (Å²) in [5.41, 5.74) is 2.37. The average molecular weight is 347 g/mol. The first-order valence-electron chi connectivity index (χ1n) is 8.33. The van der Waals surface area contributed by atoms with Gasteiger partial charge in [0.1, 0.15) is 5.75 Å². The Hall–Kier alpha value is -1.55. The summed E-state index contributed by atoms with van der Waals surface area (Å²) in [5, 5.41) is 0.779. The largest absolute Gasteiger partial charge is 0.475 e. The van der Waals surface area contributed by atoms with Gasteiger partial charge in [0.05, 0.1) is 0 Å². The first kappa shape index (κ1) is 18.8. The van der Waals surface area contributed by atoms with Crippen molar-refractivity contribution in [1.29, 1.82) is 0 Å². The van der Waals surface area contributed by atoms with Crippen LogP contribution in [0.5, 0.6) is 5.75 Å². The minimum atomic E-state index is 0.0265. The van der Waals surface area contributed by atoms with Gasteiger partial charge in [0.2, 0.25) is 0 Å². The molecule has 130 valence electrons. The van der Waals surface area contributed by atoms with Crippen LogP contribution in [0.25, 0.3) is 0 Å². The van der Waals surface area contributed by atoms with Crippen molar-refractivity contribution in [2.24, 2.45) is 0 Å². The van der Waals surface area contributed by atoms with Gasteiger partial charge in [-0.3, -0.25) is 4.90 Å². The topological polar surface area (TPSA) is 15.7 Å². The van der Waals surface area contributed by atoms with Gasteiger partial charge in [-0.25, -0.2) is 0 Å². The van der Waals surface area contributed by atoms with Crippen LogP contribution in [0.4, 0.5) is 0 Å². The van der Waals surface area contributed by atoms with Gasteiger partial charge in [-0.05, 0) is 56.9 Å². The Balaban J connectivity index is 2.06. The summed E-state index contributed by atoms with van der Waals surface area (Å²) in [7, 11) is 6.16. The fourth-order valence-corrected chi connectivity index (χ4v) is 2.88. The molecule has 0 heterocycles. The number of rotatable bonds is 8. The van der Waals surface area contributed by atoms with Gasteiger partial charge in [0.15, 0.2) is 6.23 Å². The van der Waals surface area contributed by atoms with Crippen LogP contribution in [-0.4, -0.2) is 37.2 Å². The maximum atomic E-state index is 6.29. The highest BCUT2D eigenvalue weighted by molar-refractivity contribution is 6.31. The molecule has 2 aromatic rings. The third kappa shape index (κ3) is 5.52. The summed E-state index contributed by atoms with van der Waals surface area (Å²) in [5.74, 6) is 0.864. The monoisotopic (exact) mass is 346 g/mol.